The molecule has 0 aliphatic carbocycles. The van der Waals surface area contributed by atoms with Gasteiger partial charge in [0.05, 0.1) is 23.8 Å². The lowest BCUT2D eigenvalue weighted by Gasteiger charge is -2.07. The summed E-state index contributed by atoms with van der Waals surface area (Å²) >= 11 is 0.734. The normalized spacial score (nSPS) is 12.9. The Labute approximate surface area is 221 Å². The van der Waals surface area contributed by atoms with E-state index in [1.54, 1.807) is 43.6 Å². The maximum atomic E-state index is 13.7. The molecule has 1 unspecified atom stereocenters. The summed E-state index contributed by atoms with van der Waals surface area (Å²) < 4.78 is 0. The van der Waals surface area contributed by atoms with Gasteiger partial charge in [-0.15, -0.1) is 11.3 Å². The Morgan fingerprint density at radius 3 is 2.45 bits per heavy atom. The second-order valence-corrected chi connectivity index (χ2v) is 10.2. The van der Waals surface area contributed by atoms with Crippen LogP contribution < -0.4 is 0 Å². The molecule has 8 nitrogen and oxygen atoms in total. The number of carboxylic acids is 1. The summed E-state index contributed by atoms with van der Waals surface area (Å²) in [7, 11) is 0. The number of aromatic hydroxyl groups is 1. The number of aromatic nitrogens is 2. The number of rotatable bonds is 8. The number of aliphatic hydroxyl groups is 2. The topological polar surface area (TPSA) is 147 Å². The Balaban J connectivity index is 1.63. The monoisotopic (exact) mass is 530 g/mol. The molecule has 1 atom stereocenters. The number of carboxylic acid groups (broad SMARTS) is 1. The number of benzene rings is 2. The van der Waals surface area contributed by atoms with Crippen molar-refractivity contribution in [1.82, 2.24) is 9.97 Å². The summed E-state index contributed by atoms with van der Waals surface area (Å²) in [6.07, 6.45) is 4.87. The number of fused-ring (bicyclic) bond motifs is 2. The van der Waals surface area contributed by atoms with Crippen LogP contribution in [0.25, 0.3) is 32.9 Å². The Morgan fingerprint density at radius 2 is 1.74 bits per heavy atom. The van der Waals surface area contributed by atoms with E-state index >= 15 is 0 Å². The first-order chi connectivity index (χ1) is 18.2. The van der Waals surface area contributed by atoms with E-state index in [9.17, 15) is 30.0 Å². The van der Waals surface area contributed by atoms with Gasteiger partial charge in [-0.3, -0.25) is 4.79 Å². The number of hydrogen-bond donors (Lipinski definition) is 6. The zero-order chi connectivity index (χ0) is 27.1. The fourth-order valence-corrected chi connectivity index (χ4v) is 5.76. The Kier molecular flexibility index (Phi) is 6.66. The molecule has 38 heavy (non-hydrogen) atoms. The lowest BCUT2D eigenvalue weighted by atomic mass is 9.99. The number of hydrogen-bond acceptors (Lipinski definition) is 6. The van der Waals surface area contributed by atoms with Crippen molar-refractivity contribution < 1.29 is 30.0 Å². The van der Waals surface area contributed by atoms with Crippen LogP contribution in [0.3, 0.4) is 0 Å². The highest BCUT2D eigenvalue weighted by Crippen LogP contribution is 2.46. The Bertz CT molecular complexity index is 1740. The van der Waals surface area contributed by atoms with Crippen LogP contribution in [0.4, 0.5) is 0 Å². The molecule has 0 fully saturated rings. The molecule has 2 aromatic carbocycles. The van der Waals surface area contributed by atoms with Crippen molar-refractivity contribution in [2.45, 2.75) is 26.4 Å². The number of aromatic carboxylic acids is 1. The molecule has 0 aliphatic heterocycles. The molecule has 6 N–H and O–H groups in total. The third-order valence-electron chi connectivity index (χ3n) is 6.72. The number of nitrogens with one attached hydrogen (secondary N) is 2. The molecule has 0 saturated heterocycles. The van der Waals surface area contributed by atoms with Gasteiger partial charge in [-0.1, -0.05) is 48.0 Å². The number of thiophene rings is 1. The van der Waals surface area contributed by atoms with Gasteiger partial charge < -0.3 is 30.4 Å². The molecule has 9 heteroatoms. The molecular formula is C29H26N2O6S. The van der Waals surface area contributed by atoms with E-state index < -0.39 is 23.6 Å². The van der Waals surface area contributed by atoms with Gasteiger partial charge in [-0.25, -0.2) is 4.79 Å². The number of aromatic amines is 2. The fourth-order valence-electron chi connectivity index (χ4n) is 4.76. The standard InChI is InChI=1S/C29H26N2O6S/c1-14(13-32)9-10-16-5-3-7-19-21(12-30-23(16)19)25(34)28-26(35)22(27(38-28)29(36)37)20-11-31-24-17(15(2)33)6-4-8-18(20)24/h3-9,11-12,15,30-33,35H,10,13H2,1-2H3,(H,36,37). The minimum absolute atomic E-state index is 0.0346. The summed E-state index contributed by atoms with van der Waals surface area (Å²) in [5.74, 6) is -2.14. The largest absolute Gasteiger partial charge is 0.506 e. The van der Waals surface area contributed by atoms with Crippen LogP contribution in [0.1, 0.15) is 56.0 Å². The molecular weight excluding hydrogens is 504 g/mol. The highest BCUT2D eigenvalue weighted by molar-refractivity contribution is 7.17. The minimum atomic E-state index is -1.26. The first-order valence-electron chi connectivity index (χ1n) is 12.0. The molecule has 3 heterocycles. The van der Waals surface area contributed by atoms with E-state index in [1.807, 2.05) is 25.1 Å². The van der Waals surface area contributed by atoms with Gasteiger partial charge >= 0.3 is 5.97 Å². The average molecular weight is 531 g/mol. The molecule has 3 aromatic heterocycles. The van der Waals surface area contributed by atoms with Crippen molar-refractivity contribution >= 4 is 44.9 Å². The molecule has 0 aliphatic rings. The van der Waals surface area contributed by atoms with Crippen LogP contribution >= 0.6 is 11.3 Å². The molecule has 5 rings (SSSR count). The van der Waals surface area contributed by atoms with Gasteiger partial charge in [0.15, 0.2) is 0 Å². The van der Waals surface area contributed by atoms with Crippen LogP contribution in [-0.2, 0) is 6.42 Å². The van der Waals surface area contributed by atoms with Gasteiger partial charge in [-0.05, 0) is 25.8 Å². The fraction of sp³-hybridized carbons (Fsp3) is 0.172. The molecule has 0 bridgehead atoms. The summed E-state index contributed by atoms with van der Waals surface area (Å²) in [6, 6.07) is 10.8. The first kappa shape index (κ1) is 25.5. The number of H-pyrrole nitrogens is 2. The van der Waals surface area contributed by atoms with Crippen LogP contribution in [0.5, 0.6) is 5.75 Å². The number of aliphatic hydroxyl groups excluding tert-OH is 2. The van der Waals surface area contributed by atoms with Crippen molar-refractivity contribution in [3.05, 3.63) is 86.9 Å². The zero-order valence-corrected chi connectivity index (χ0v) is 21.5. The minimum Gasteiger partial charge on any atom is -0.506 e. The van der Waals surface area contributed by atoms with Crippen LogP contribution in [-0.4, -0.2) is 48.8 Å². The summed E-state index contributed by atoms with van der Waals surface area (Å²) in [5.41, 5.74) is 4.60. The third-order valence-corrected chi connectivity index (χ3v) is 7.88. The number of ketones is 1. The lowest BCUT2D eigenvalue weighted by molar-refractivity contribution is 0.0702. The summed E-state index contributed by atoms with van der Waals surface area (Å²) in [4.78, 5) is 31.9. The van der Waals surface area contributed by atoms with Crippen molar-refractivity contribution in [2.75, 3.05) is 6.61 Å². The predicted octanol–water partition coefficient (Wildman–Crippen LogP) is 5.55. The second kappa shape index (κ2) is 9.94. The highest BCUT2D eigenvalue weighted by Gasteiger charge is 2.30. The van der Waals surface area contributed by atoms with Crippen molar-refractivity contribution in [1.29, 1.82) is 0 Å². The van der Waals surface area contributed by atoms with E-state index in [4.69, 9.17) is 0 Å². The lowest BCUT2D eigenvalue weighted by Crippen LogP contribution is -1.98. The first-order valence-corrected chi connectivity index (χ1v) is 12.8. The van der Waals surface area contributed by atoms with Gasteiger partial charge in [0.2, 0.25) is 5.78 Å². The molecule has 0 saturated carbocycles. The van der Waals surface area contributed by atoms with Crippen LogP contribution in [0.15, 0.2) is 60.4 Å². The van der Waals surface area contributed by atoms with E-state index in [0.29, 0.717) is 39.4 Å². The van der Waals surface area contributed by atoms with E-state index in [2.05, 4.69) is 9.97 Å². The van der Waals surface area contributed by atoms with Gasteiger partial charge in [0, 0.05) is 45.4 Å². The third kappa shape index (κ3) is 4.20. The number of allylic oxidation sites excluding steroid dienone is 1. The Morgan fingerprint density at radius 1 is 1.03 bits per heavy atom. The van der Waals surface area contributed by atoms with Crippen molar-refractivity contribution in [2.24, 2.45) is 0 Å². The quantitative estimate of drug-likeness (QED) is 0.115. The van der Waals surface area contributed by atoms with Gasteiger partial charge in [0.25, 0.3) is 0 Å². The highest BCUT2D eigenvalue weighted by atomic mass is 32.1. The zero-order valence-electron chi connectivity index (χ0n) is 20.7. The van der Waals surface area contributed by atoms with E-state index in [0.717, 1.165) is 28.0 Å². The van der Waals surface area contributed by atoms with E-state index in [1.165, 1.54) is 0 Å². The predicted molar refractivity (Wildman–Crippen MR) is 147 cm³/mol. The Hall–Kier alpha value is -4.18. The number of para-hydroxylation sites is 2. The molecule has 0 amide bonds. The SMILES string of the molecule is CC(=CCc1cccc2c(C(=O)c3sc(C(=O)O)c(-c4c[nH]c5c(C(C)O)cccc45)c3O)c[nH]c12)CO. The van der Waals surface area contributed by atoms with Crippen molar-refractivity contribution in [3.8, 4) is 16.9 Å². The van der Waals surface area contributed by atoms with Crippen LogP contribution in [0.2, 0.25) is 0 Å². The van der Waals surface area contributed by atoms with Gasteiger partial charge in [-0.2, -0.15) is 0 Å². The van der Waals surface area contributed by atoms with Crippen molar-refractivity contribution in [3.63, 3.8) is 0 Å². The summed E-state index contributed by atoms with van der Waals surface area (Å²) in [6.45, 7) is 3.43. The molecule has 0 radical (unpaired) electrons. The second-order valence-electron chi connectivity index (χ2n) is 9.22. The smallest absolute Gasteiger partial charge is 0.346 e. The molecule has 194 valence electrons. The average Bonchev–Trinajstić information content (AvgIpc) is 3.61. The molecule has 0 spiro atoms. The van der Waals surface area contributed by atoms with Gasteiger partial charge in [0.1, 0.15) is 15.5 Å². The van der Waals surface area contributed by atoms with E-state index in [-0.39, 0.29) is 21.9 Å². The molecule has 5 aromatic rings. The maximum Gasteiger partial charge on any atom is 0.346 e. The summed E-state index contributed by atoms with van der Waals surface area (Å²) in [5, 5.41) is 41.9. The van der Waals surface area contributed by atoms with Crippen LogP contribution in [0, 0.1) is 0 Å². The maximum absolute atomic E-state index is 13.7. The number of carbonyl (C=O) groups is 2. The number of carbonyl (C=O) groups excluding carboxylic acids is 1.